The number of carboxylic acid groups (broad SMARTS) is 1. The number of aliphatic carboxylic acids is 1. The summed E-state index contributed by atoms with van der Waals surface area (Å²) >= 11 is 0. The summed E-state index contributed by atoms with van der Waals surface area (Å²) in [5, 5.41) is 12.4. The minimum atomic E-state index is -0.778. The Morgan fingerprint density at radius 3 is 2.33 bits per heavy atom. The van der Waals surface area contributed by atoms with Gasteiger partial charge in [-0.2, -0.15) is 0 Å². The van der Waals surface area contributed by atoms with E-state index >= 15 is 0 Å². The maximum atomic E-state index is 13.6. The molecule has 1 amide bonds. The summed E-state index contributed by atoms with van der Waals surface area (Å²) in [4.78, 5) is 24.8. The maximum absolute atomic E-state index is 13.6. The molecule has 5 rings (SSSR count). The molecule has 6 nitrogen and oxygen atoms in total. The van der Waals surface area contributed by atoms with Crippen molar-refractivity contribution in [2.45, 2.75) is 115 Å². The van der Waals surface area contributed by atoms with E-state index in [1.54, 1.807) is 7.11 Å². The van der Waals surface area contributed by atoms with Gasteiger partial charge in [0.15, 0.2) is 0 Å². The van der Waals surface area contributed by atoms with E-state index in [1.165, 1.54) is 43.2 Å². The van der Waals surface area contributed by atoms with Crippen LogP contribution in [0.5, 0.6) is 0 Å². The van der Waals surface area contributed by atoms with Crippen LogP contribution in [0.4, 0.5) is 0 Å². The van der Waals surface area contributed by atoms with Gasteiger partial charge < -0.3 is 19.7 Å². The van der Waals surface area contributed by atoms with Gasteiger partial charge in [-0.05, 0) is 91.0 Å². The van der Waals surface area contributed by atoms with Crippen LogP contribution in [0, 0.1) is 18.8 Å². The van der Waals surface area contributed by atoms with E-state index in [9.17, 15) is 14.7 Å². The van der Waals surface area contributed by atoms with Gasteiger partial charge in [-0.15, -0.1) is 0 Å². The number of carbonyl (C=O) groups excluding carboxylic acids is 1. The van der Waals surface area contributed by atoms with Crippen LogP contribution in [0.25, 0.3) is 5.69 Å². The van der Waals surface area contributed by atoms with Crippen LogP contribution < -0.4 is 5.32 Å². The van der Waals surface area contributed by atoms with Crippen molar-refractivity contribution < 1.29 is 19.4 Å². The van der Waals surface area contributed by atoms with Gasteiger partial charge in [-0.3, -0.25) is 9.59 Å². The molecule has 1 aromatic heterocycles. The second-order valence-corrected chi connectivity index (χ2v) is 13.7. The third kappa shape index (κ3) is 5.54. The lowest BCUT2D eigenvalue weighted by Crippen LogP contribution is -2.46. The Morgan fingerprint density at radius 1 is 1.10 bits per heavy atom. The van der Waals surface area contributed by atoms with Crippen molar-refractivity contribution in [3.05, 3.63) is 52.3 Å². The SMILES string of the molecule is COC(c1c(C)c(C(=O)NC2CC(C(=O)O)C2)cn1-c1cc(C(C)(C)C)cc(C2(C)CC2)c1)C1CCCCC1. The molecule has 3 aliphatic carbocycles. The second-order valence-electron chi connectivity index (χ2n) is 13.7. The molecule has 0 radical (unpaired) electrons. The zero-order chi connectivity index (χ0) is 28.1. The standard InChI is InChI=1S/C33H46N2O4/c1-20-27(30(36)34-25-14-22(15-25)31(37)38)19-35(28(20)29(39-6)21-10-8-7-9-11-21)26-17-23(32(2,3)4)16-24(18-26)33(5)12-13-33/h16-19,21-22,25,29H,7-15H2,1-6H3,(H,34,36)(H,37,38). The number of nitrogens with one attached hydrogen (secondary N) is 1. The predicted octanol–water partition coefficient (Wildman–Crippen LogP) is 7.00. The van der Waals surface area contributed by atoms with Crippen molar-refractivity contribution in [1.29, 1.82) is 0 Å². The van der Waals surface area contributed by atoms with Crippen LogP contribution in [0.2, 0.25) is 0 Å². The Kier molecular flexibility index (Phi) is 7.47. The zero-order valence-electron chi connectivity index (χ0n) is 24.6. The predicted molar refractivity (Wildman–Crippen MR) is 154 cm³/mol. The number of methoxy groups -OCH3 is 1. The van der Waals surface area contributed by atoms with E-state index in [-0.39, 0.29) is 34.8 Å². The summed E-state index contributed by atoms with van der Waals surface area (Å²) in [7, 11) is 1.80. The molecule has 3 aliphatic rings. The first-order valence-corrected chi connectivity index (χ1v) is 14.9. The van der Waals surface area contributed by atoms with Crippen LogP contribution in [-0.4, -0.2) is 34.7 Å². The van der Waals surface area contributed by atoms with E-state index < -0.39 is 5.97 Å². The number of rotatable bonds is 8. The number of carbonyl (C=O) groups is 2. The first kappa shape index (κ1) is 27.9. The van der Waals surface area contributed by atoms with Gasteiger partial charge in [-0.1, -0.05) is 53.0 Å². The van der Waals surface area contributed by atoms with Crippen molar-refractivity contribution in [1.82, 2.24) is 9.88 Å². The molecule has 39 heavy (non-hydrogen) atoms. The summed E-state index contributed by atoms with van der Waals surface area (Å²) in [5.41, 5.74) is 6.66. The highest BCUT2D eigenvalue weighted by Crippen LogP contribution is 2.49. The van der Waals surface area contributed by atoms with E-state index in [0.717, 1.165) is 29.8 Å². The number of amides is 1. The second kappa shape index (κ2) is 10.4. The first-order chi connectivity index (χ1) is 18.4. The number of aromatic nitrogens is 1. The lowest BCUT2D eigenvalue weighted by atomic mass is 9.80. The molecule has 1 aromatic carbocycles. The van der Waals surface area contributed by atoms with Crippen molar-refractivity contribution in [3.63, 3.8) is 0 Å². The average Bonchev–Trinajstić information content (AvgIpc) is 3.54. The van der Waals surface area contributed by atoms with Gasteiger partial charge in [0.1, 0.15) is 6.10 Å². The molecule has 2 aromatic rings. The van der Waals surface area contributed by atoms with Crippen LogP contribution in [0.15, 0.2) is 24.4 Å². The number of benzene rings is 1. The summed E-state index contributed by atoms with van der Waals surface area (Å²) in [6.45, 7) is 11.2. The smallest absolute Gasteiger partial charge is 0.306 e. The van der Waals surface area contributed by atoms with Crippen molar-refractivity contribution in [3.8, 4) is 5.69 Å². The fraction of sp³-hybridized carbons (Fsp3) is 0.636. The molecule has 6 heteroatoms. The Balaban J connectivity index is 1.59. The highest BCUT2D eigenvalue weighted by Gasteiger charge is 2.40. The minimum Gasteiger partial charge on any atom is -0.481 e. The average molecular weight is 535 g/mol. The Bertz CT molecular complexity index is 1210. The molecule has 0 spiro atoms. The molecule has 0 aliphatic heterocycles. The normalized spacial score (nSPS) is 23.6. The molecule has 212 valence electrons. The third-order valence-electron chi connectivity index (χ3n) is 9.73. The molecule has 1 atom stereocenters. The minimum absolute atomic E-state index is 0.00644. The molecular weight excluding hydrogens is 488 g/mol. The number of hydrogen-bond acceptors (Lipinski definition) is 3. The van der Waals surface area contributed by atoms with Gasteiger partial charge in [0, 0.05) is 25.0 Å². The zero-order valence-corrected chi connectivity index (χ0v) is 24.6. The number of carboxylic acids is 1. The van der Waals surface area contributed by atoms with Gasteiger partial charge >= 0.3 is 5.97 Å². The summed E-state index contributed by atoms with van der Waals surface area (Å²) < 4.78 is 8.49. The largest absolute Gasteiger partial charge is 0.481 e. The van der Waals surface area contributed by atoms with Crippen molar-refractivity contribution in [2.75, 3.05) is 7.11 Å². The van der Waals surface area contributed by atoms with Crippen molar-refractivity contribution in [2.24, 2.45) is 11.8 Å². The molecule has 3 fully saturated rings. The van der Waals surface area contributed by atoms with Gasteiger partial charge in [-0.25, -0.2) is 0 Å². The lowest BCUT2D eigenvalue weighted by molar-refractivity contribution is -0.145. The number of nitrogens with zero attached hydrogens (tertiary/aromatic N) is 1. The van der Waals surface area contributed by atoms with E-state index in [2.05, 4.69) is 55.8 Å². The van der Waals surface area contributed by atoms with Crippen LogP contribution in [0.3, 0.4) is 0 Å². The lowest BCUT2D eigenvalue weighted by Gasteiger charge is -2.32. The van der Waals surface area contributed by atoms with E-state index in [4.69, 9.17) is 4.74 Å². The fourth-order valence-corrected chi connectivity index (χ4v) is 6.58. The molecule has 0 saturated heterocycles. The summed E-state index contributed by atoms with van der Waals surface area (Å²) in [5.74, 6) is -0.843. The third-order valence-corrected chi connectivity index (χ3v) is 9.73. The Hall–Kier alpha value is -2.60. The van der Waals surface area contributed by atoms with Gasteiger partial charge in [0.05, 0.1) is 17.2 Å². The molecule has 1 heterocycles. The highest BCUT2D eigenvalue weighted by atomic mass is 16.5. The van der Waals surface area contributed by atoms with Crippen LogP contribution >= 0.6 is 0 Å². The summed E-state index contributed by atoms with van der Waals surface area (Å²) in [6.07, 6.45) is 11.3. The van der Waals surface area contributed by atoms with Crippen LogP contribution in [0.1, 0.15) is 124 Å². The number of ether oxygens (including phenoxy) is 1. The van der Waals surface area contributed by atoms with Gasteiger partial charge in [0.2, 0.25) is 0 Å². The molecule has 1 unspecified atom stereocenters. The molecular formula is C33H46N2O4. The quantitative estimate of drug-likeness (QED) is 0.382. The van der Waals surface area contributed by atoms with Crippen LogP contribution in [-0.2, 0) is 20.4 Å². The number of hydrogen-bond donors (Lipinski definition) is 2. The summed E-state index contributed by atoms with van der Waals surface area (Å²) in [6, 6.07) is 6.90. The monoisotopic (exact) mass is 534 g/mol. The van der Waals surface area contributed by atoms with Gasteiger partial charge in [0.25, 0.3) is 5.91 Å². The molecule has 3 saturated carbocycles. The fourth-order valence-electron chi connectivity index (χ4n) is 6.58. The maximum Gasteiger partial charge on any atom is 0.306 e. The first-order valence-electron chi connectivity index (χ1n) is 14.9. The van der Waals surface area contributed by atoms with Crippen molar-refractivity contribution >= 4 is 11.9 Å². The molecule has 0 bridgehead atoms. The molecule has 2 N–H and O–H groups in total. The van der Waals surface area contributed by atoms with E-state index in [0.29, 0.717) is 24.3 Å². The topological polar surface area (TPSA) is 80.6 Å². The Morgan fingerprint density at radius 2 is 1.77 bits per heavy atom. The Labute approximate surface area is 233 Å². The highest BCUT2D eigenvalue weighted by molar-refractivity contribution is 5.96. The van der Waals surface area contributed by atoms with E-state index in [1.807, 2.05) is 13.1 Å².